The SMILES string of the molecule is C[C@@H]1C[C@@H](C)CN(c2ccc(CCc3ccccc3)cc2)C1. The molecule has 0 N–H and O–H groups in total. The van der Waals surface area contributed by atoms with Gasteiger partial charge in [-0.3, -0.25) is 0 Å². The highest BCUT2D eigenvalue weighted by Crippen LogP contribution is 2.26. The van der Waals surface area contributed by atoms with E-state index in [-0.39, 0.29) is 0 Å². The molecular formula is C21H27N. The van der Waals surface area contributed by atoms with Gasteiger partial charge in [0.05, 0.1) is 0 Å². The van der Waals surface area contributed by atoms with Crippen molar-refractivity contribution < 1.29 is 0 Å². The van der Waals surface area contributed by atoms with Crippen molar-refractivity contribution in [2.24, 2.45) is 11.8 Å². The summed E-state index contributed by atoms with van der Waals surface area (Å²) in [5, 5.41) is 0. The predicted molar refractivity (Wildman–Crippen MR) is 95.5 cm³/mol. The van der Waals surface area contributed by atoms with Gasteiger partial charge in [-0.05, 0) is 54.4 Å². The molecule has 0 amide bonds. The molecular weight excluding hydrogens is 266 g/mol. The summed E-state index contributed by atoms with van der Waals surface area (Å²) in [4.78, 5) is 2.56. The van der Waals surface area contributed by atoms with E-state index in [9.17, 15) is 0 Å². The molecule has 0 unspecified atom stereocenters. The Bertz CT molecular complexity index is 563. The molecule has 0 spiro atoms. The molecule has 0 bridgehead atoms. The molecule has 1 fully saturated rings. The molecule has 1 heteroatoms. The number of rotatable bonds is 4. The minimum absolute atomic E-state index is 0.807. The second-order valence-electron chi connectivity index (χ2n) is 7.00. The van der Waals surface area contributed by atoms with E-state index in [1.165, 1.54) is 36.3 Å². The Morgan fingerprint density at radius 3 is 1.91 bits per heavy atom. The van der Waals surface area contributed by atoms with Gasteiger partial charge in [0.15, 0.2) is 0 Å². The second kappa shape index (κ2) is 7.00. The molecule has 1 nitrogen and oxygen atoms in total. The summed E-state index contributed by atoms with van der Waals surface area (Å²) in [7, 11) is 0. The molecule has 0 saturated carbocycles. The second-order valence-corrected chi connectivity index (χ2v) is 7.00. The molecule has 22 heavy (non-hydrogen) atoms. The van der Waals surface area contributed by atoms with Gasteiger partial charge in [-0.15, -0.1) is 0 Å². The standard InChI is InChI=1S/C21H27N/c1-17-14-18(2)16-22(15-17)21-12-10-20(11-13-21)9-8-19-6-4-3-5-7-19/h3-7,10-13,17-18H,8-9,14-16H2,1-2H3/t17-,18-/m1/s1. The highest BCUT2D eigenvalue weighted by Gasteiger charge is 2.21. The van der Waals surface area contributed by atoms with E-state index < -0.39 is 0 Å². The van der Waals surface area contributed by atoms with Crippen molar-refractivity contribution in [1.29, 1.82) is 0 Å². The molecule has 2 atom stereocenters. The van der Waals surface area contributed by atoms with Crippen molar-refractivity contribution in [1.82, 2.24) is 0 Å². The zero-order valence-electron chi connectivity index (χ0n) is 13.8. The molecule has 2 aromatic rings. The average molecular weight is 293 g/mol. The van der Waals surface area contributed by atoms with Crippen LogP contribution in [0.1, 0.15) is 31.4 Å². The van der Waals surface area contributed by atoms with E-state index >= 15 is 0 Å². The maximum atomic E-state index is 2.56. The van der Waals surface area contributed by atoms with Gasteiger partial charge in [0.1, 0.15) is 0 Å². The van der Waals surface area contributed by atoms with Crippen LogP contribution in [0.2, 0.25) is 0 Å². The first-order valence-corrected chi connectivity index (χ1v) is 8.58. The van der Waals surface area contributed by atoms with Gasteiger partial charge < -0.3 is 4.90 Å². The van der Waals surface area contributed by atoms with Gasteiger partial charge in [0, 0.05) is 18.8 Å². The molecule has 1 saturated heterocycles. The van der Waals surface area contributed by atoms with Gasteiger partial charge in [-0.2, -0.15) is 0 Å². The molecule has 3 rings (SSSR count). The molecule has 2 aromatic carbocycles. The number of nitrogens with zero attached hydrogens (tertiary/aromatic N) is 1. The lowest BCUT2D eigenvalue weighted by Crippen LogP contribution is -2.38. The van der Waals surface area contributed by atoms with Crippen LogP contribution >= 0.6 is 0 Å². The minimum atomic E-state index is 0.807. The number of anilines is 1. The normalized spacial score (nSPS) is 21.8. The summed E-state index contributed by atoms with van der Waals surface area (Å²) in [6.45, 7) is 7.15. The van der Waals surface area contributed by atoms with Crippen molar-refractivity contribution in [2.45, 2.75) is 33.1 Å². The Morgan fingerprint density at radius 2 is 1.32 bits per heavy atom. The maximum Gasteiger partial charge on any atom is 0.0366 e. The highest BCUT2D eigenvalue weighted by atomic mass is 15.1. The Morgan fingerprint density at radius 1 is 0.773 bits per heavy atom. The predicted octanol–water partition coefficient (Wildman–Crippen LogP) is 4.95. The Labute approximate surface area is 135 Å². The van der Waals surface area contributed by atoms with Crippen LogP contribution in [0.25, 0.3) is 0 Å². The van der Waals surface area contributed by atoms with Gasteiger partial charge in [-0.25, -0.2) is 0 Å². The van der Waals surface area contributed by atoms with Gasteiger partial charge >= 0.3 is 0 Å². The first kappa shape index (κ1) is 15.1. The van der Waals surface area contributed by atoms with Crippen molar-refractivity contribution in [3.05, 3.63) is 65.7 Å². The van der Waals surface area contributed by atoms with Crippen LogP contribution in [-0.2, 0) is 12.8 Å². The fraction of sp³-hybridized carbons (Fsp3) is 0.429. The van der Waals surface area contributed by atoms with Gasteiger partial charge in [0.2, 0.25) is 0 Å². The number of benzene rings is 2. The lowest BCUT2D eigenvalue weighted by atomic mass is 9.91. The zero-order valence-corrected chi connectivity index (χ0v) is 13.8. The summed E-state index contributed by atoms with van der Waals surface area (Å²) in [6.07, 6.45) is 3.61. The van der Waals surface area contributed by atoms with Crippen molar-refractivity contribution in [3.63, 3.8) is 0 Å². The van der Waals surface area contributed by atoms with E-state index in [2.05, 4.69) is 73.3 Å². The topological polar surface area (TPSA) is 3.24 Å². The summed E-state index contributed by atoms with van der Waals surface area (Å²) in [6, 6.07) is 20.0. The third-order valence-corrected chi connectivity index (χ3v) is 4.72. The highest BCUT2D eigenvalue weighted by molar-refractivity contribution is 5.48. The minimum Gasteiger partial charge on any atom is -0.371 e. The van der Waals surface area contributed by atoms with Crippen LogP contribution in [0, 0.1) is 11.8 Å². The van der Waals surface area contributed by atoms with E-state index in [0.29, 0.717) is 0 Å². The first-order chi connectivity index (χ1) is 10.7. The van der Waals surface area contributed by atoms with E-state index in [1.807, 2.05) is 0 Å². The Kier molecular flexibility index (Phi) is 4.82. The van der Waals surface area contributed by atoms with Crippen LogP contribution in [0.15, 0.2) is 54.6 Å². The first-order valence-electron chi connectivity index (χ1n) is 8.58. The van der Waals surface area contributed by atoms with Crippen LogP contribution in [0.3, 0.4) is 0 Å². The number of aryl methyl sites for hydroxylation is 2. The number of hydrogen-bond acceptors (Lipinski definition) is 1. The molecule has 0 aliphatic carbocycles. The van der Waals surface area contributed by atoms with Crippen molar-refractivity contribution in [3.8, 4) is 0 Å². The summed E-state index contributed by atoms with van der Waals surface area (Å²) < 4.78 is 0. The van der Waals surface area contributed by atoms with Crippen LogP contribution in [0.4, 0.5) is 5.69 Å². The zero-order chi connectivity index (χ0) is 15.4. The Balaban J connectivity index is 1.60. The van der Waals surface area contributed by atoms with Crippen molar-refractivity contribution in [2.75, 3.05) is 18.0 Å². The summed E-state index contributed by atoms with van der Waals surface area (Å²) in [5.74, 6) is 1.61. The smallest absolute Gasteiger partial charge is 0.0366 e. The Hall–Kier alpha value is -1.76. The van der Waals surface area contributed by atoms with Gasteiger partial charge in [0.25, 0.3) is 0 Å². The quantitative estimate of drug-likeness (QED) is 0.770. The number of hydrogen-bond donors (Lipinski definition) is 0. The monoisotopic (exact) mass is 293 g/mol. The van der Waals surface area contributed by atoms with Crippen LogP contribution < -0.4 is 4.90 Å². The van der Waals surface area contributed by atoms with E-state index in [0.717, 1.165) is 24.7 Å². The summed E-state index contributed by atoms with van der Waals surface area (Å²) in [5.41, 5.74) is 4.25. The molecule has 116 valence electrons. The third-order valence-electron chi connectivity index (χ3n) is 4.72. The molecule has 1 aliphatic heterocycles. The molecule has 0 radical (unpaired) electrons. The lowest BCUT2D eigenvalue weighted by Gasteiger charge is -2.36. The van der Waals surface area contributed by atoms with Crippen LogP contribution in [0.5, 0.6) is 0 Å². The third kappa shape index (κ3) is 3.91. The number of piperidine rings is 1. The van der Waals surface area contributed by atoms with Crippen molar-refractivity contribution >= 4 is 5.69 Å². The molecule has 1 heterocycles. The molecule has 0 aromatic heterocycles. The largest absolute Gasteiger partial charge is 0.371 e. The average Bonchev–Trinajstić information content (AvgIpc) is 2.53. The summed E-state index contributed by atoms with van der Waals surface area (Å²) >= 11 is 0. The fourth-order valence-corrected chi connectivity index (χ4v) is 3.68. The fourth-order valence-electron chi connectivity index (χ4n) is 3.68. The van der Waals surface area contributed by atoms with E-state index in [4.69, 9.17) is 0 Å². The molecule has 1 aliphatic rings. The maximum absolute atomic E-state index is 2.56. The van der Waals surface area contributed by atoms with Crippen LogP contribution in [-0.4, -0.2) is 13.1 Å². The van der Waals surface area contributed by atoms with Gasteiger partial charge in [-0.1, -0.05) is 56.3 Å². The van der Waals surface area contributed by atoms with E-state index in [1.54, 1.807) is 0 Å². The lowest BCUT2D eigenvalue weighted by molar-refractivity contribution is 0.357.